The first kappa shape index (κ1) is 14.9. The van der Waals surface area contributed by atoms with Crippen molar-refractivity contribution >= 4 is 23.2 Å². The van der Waals surface area contributed by atoms with Crippen molar-refractivity contribution in [2.45, 2.75) is 19.5 Å². The van der Waals surface area contributed by atoms with Crippen LogP contribution in [0.1, 0.15) is 29.7 Å². The highest BCUT2D eigenvalue weighted by molar-refractivity contribution is 6.31. The summed E-state index contributed by atoms with van der Waals surface area (Å²) in [7, 11) is 0. The topological polar surface area (TPSA) is 35.8 Å². The Balaban J connectivity index is 2.06. The molecule has 2 aromatic carbocycles. The molecule has 102 valence electrons. The lowest BCUT2D eigenvalue weighted by atomic mass is 10.1. The van der Waals surface area contributed by atoms with Gasteiger partial charge in [-0.05, 0) is 36.2 Å². The molecule has 4 heteroatoms. The number of hydrogen-bond acceptors (Lipinski definition) is 2. The molecular formula is C16H14Cl2N2. The first-order valence-corrected chi connectivity index (χ1v) is 7.03. The lowest BCUT2D eigenvalue weighted by Gasteiger charge is -2.16. The Morgan fingerprint density at radius 1 is 1.15 bits per heavy atom. The fourth-order valence-electron chi connectivity index (χ4n) is 1.96. The van der Waals surface area contributed by atoms with E-state index in [2.05, 4.69) is 18.3 Å². The predicted octanol–water partition coefficient (Wildman–Crippen LogP) is 4.72. The van der Waals surface area contributed by atoms with E-state index in [0.29, 0.717) is 17.1 Å². The largest absolute Gasteiger partial charge is 0.306 e. The van der Waals surface area contributed by atoms with Crippen molar-refractivity contribution in [3.8, 4) is 6.07 Å². The predicted molar refractivity (Wildman–Crippen MR) is 82.9 cm³/mol. The van der Waals surface area contributed by atoms with E-state index >= 15 is 0 Å². The van der Waals surface area contributed by atoms with Gasteiger partial charge in [0, 0.05) is 22.6 Å². The molecule has 1 atom stereocenters. The summed E-state index contributed by atoms with van der Waals surface area (Å²) in [5.41, 5.74) is 2.58. The minimum Gasteiger partial charge on any atom is -0.306 e. The van der Waals surface area contributed by atoms with E-state index in [4.69, 9.17) is 28.5 Å². The smallest absolute Gasteiger partial charge is 0.0992 e. The molecule has 0 amide bonds. The van der Waals surface area contributed by atoms with Crippen molar-refractivity contribution in [2.75, 3.05) is 0 Å². The first-order valence-electron chi connectivity index (χ1n) is 6.28. The monoisotopic (exact) mass is 304 g/mol. The molecule has 0 saturated carbocycles. The lowest BCUT2D eigenvalue weighted by molar-refractivity contribution is 0.575. The summed E-state index contributed by atoms with van der Waals surface area (Å²) < 4.78 is 0. The molecule has 0 radical (unpaired) electrons. The van der Waals surface area contributed by atoms with E-state index in [-0.39, 0.29) is 6.04 Å². The third kappa shape index (κ3) is 3.52. The van der Waals surface area contributed by atoms with Gasteiger partial charge < -0.3 is 5.32 Å². The Hall–Kier alpha value is -1.53. The maximum absolute atomic E-state index is 8.81. The van der Waals surface area contributed by atoms with Crippen molar-refractivity contribution in [3.63, 3.8) is 0 Å². The molecule has 20 heavy (non-hydrogen) atoms. The number of rotatable bonds is 4. The molecule has 0 spiro atoms. The summed E-state index contributed by atoms with van der Waals surface area (Å²) in [5, 5.41) is 13.5. The number of hydrogen-bond donors (Lipinski definition) is 1. The zero-order chi connectivity index (χ0) is 14.5. The third-order valence-electron chi connectivity index (χ3n) is 3.15. The van der Waals surface area contributed by atoms with Gasteiger partial charge in [-0.2, -0.15) is 5.26 Å². The van der Waals surface area contributed by atoms with Crippen LogP contribution in [0.3, 0.4) is 0 Å². The van der Waals surface area contributed by atoms with Gasteiger partial charge in [0.1, 0.15) is 0 Å². The van der Waals surface area contributed by atoms with Gasteiger partial charge in [-0.25, -0.2) is 0 Å². The standard InChI is InChI=1S/C16H14Cl2N2/c1-11(14-4-2-3-5-15(14)17)20-10-13-7-6-12(9-19)8-16(13)18/h2-8,11,20H,10H2,1H3. The fourth-order valence-corrected chi connectivity index (χ4v) is 2.51. The molecule has 2 rings (SSSR count). The normalized spacial score (nSPS) is 11.9. The molecule has 0 bridgehead atoms. The summed E-state index contributed by atoms with van der Waals surface area (Å²) in [6, 6.07) is 15.3. The second-order valence-electron chi connectivity index (χ2n) is 4.54. The average molecular weight is 305 g/mol. The van der Waals surface area contributed by atoms with Crippen LogP contribution in [0.25, 0.3) is 0 Å². The Morgan fingerprint density at radius 2 is 1.90 bits per heavy atom. The van der Waals surface area contributed by atoms with Crippen molar-refractivity contribution in [2.24, 2.45) is 0 Å². The van der Waals surface area contributed by atoms with Crippen molar-refractivity contribution < 1.29 is 0 Å². The van der Waals surface area contributed by atoms with E-state index in [9.17, 15) is 0 Å². The zero-order valence-corrected chi connectivity index (χ0v) is 12.5. The van der Waals surface area contributed by atoms with Gasteiger partial charge in [0.15, 0.2) is 0 Å². The Kier molecular flexibility index (Phi) is 5.03. The maximum Gasteiger partial charge on any atom is 0.0992 e. The van der Waals surface area contributed by atoms with Gasteiger partial charge >= 0.3 is 0 Å². The zero-order valence-electron chi connectivity index (χ0n) is 11.0. The van der Waals surface area contributed by atoms with Crippen molar-refractivity contribution in [1.29, 1.82) is 5.26 Å². The Labute approximate surface area is 128 Å². The highest BCUT2D eigenvalue weighted by Crippen LogP contribution is 2.23. The first-order chi connectivity index (χ1) is 9.61. The van der Waals surface area contributed by atoms with E-state index in [1.165, 1.54) is 0 Å². The van der Waals surface area contributed by atoms with Gasteiger partial charge in [0.2, 0.25) is 0 Å². The summed E-state index contributed by atoms with van der Waals surface area (Å²) in [5.74, 6) is 0. The van der Waals surface area contributed by atoms with Crippen LogP contribution in [0.5, 0.6) is 0 Å². The molecule has 2 aromatic rings. The maximum atomic E-state index is 8.81. The van der Waals surface area contributed by atoms with Crippen molar-refractivity contribution in [3.05, 3.63) is 69.2 Å². The van der Waals surface area contributed by atoms with Crippen LogP contribution in [0.15, 0.2) is 42.5 Å². The molecule has 1 unspecified atom stereocenters. The van der Waals surface area contributed by atoms with Crippen LogP contribution in [-0.4, -0.2) is 0 Å². The number of halogens is 2. The fraction of sp³-hybridized carbons (Fsp3) is 0.188. The second kappa shape index (κ2) is 6.76. The van der Waals surface area contributed by atoms with Gasteiger partial charge in [0.25, 0.3) is 0 Å². The summed E-state index contributed by atoms with van der Waals surface area (Å²) in [6.45, 7) is 2.68. The molecule has 2 nitrogen and oxygen atoms in total. The summed E-state index contributed by atoms with van der Waals surface area (Å²) in [6.07, 6.45) is 0. The molecule has 0 heterocycles. The highest BCUT2D eigenvalue weighted by Gasteiger charge is 2.09. The van der Waals surface area contributed by atoms with E-state index in [0.717, 1.165) is 16.1 Å². The Morgan fingerprint density at radius 3 is 2.55 bits per heavy atom. The number of benzene rings is 2. The van der Waals surface area contributed by atoms with E-state index in [1.807, 2.05) is 30.3 Å². The minimum absolute atomic E-state index is 0.121. The SMILES string of the molecule is CC(NCc1ccc(C#N)cc1Cl)c1ccccc1Cl. The van der Waals surface area contributed by atoms with Crippen LogP contribution in [-0.2, 0) is 6.54 Å². The highest BCUT2D eigenvalue weighted by atomic mass is 35.5. The number of nitriles is 1. The van der Waals surface area contributed by atoms with E-state index < -0.39 is 0 Å². The Bertz CT molecular complexity index is 647. The summed E-state index contributed by atoms with van der Waals surface area (Å²) >= 11 is 12.3. The quantitative estimate of drug-likeness (QED) is 0.887. The molecule has 1 N–H and O–H groups in total. The van der Waals surface area contributed by atoms with Crippen LogP contribution in [0.2, 0.25) is 10.0 Å². The average Bonchev–Trinajstić information content (AvgIpc) is 2.46. The lowest BCUT2D eigenvalue weighted by Crippen LogP contribution is -2.18. The second-order valence-corrected chi connectivity index (χ2v) is 5.36. The number of nitrogens with one attached hydrogen (secondary N) is 1. The molecule has 0 aliphatic carbocycles. The molecule has 0 aliphatic rings. The van der Waals surface area contributed by atoms with Gasteiger partial charge in [0.05, 0.1) is 11.6 Å². The van der Waals surface area contributed by atoms with Crippen LogP contribution < -0.4 is 5.32 Å². The molecule has 0 fully saturated rings. The number of nitrogens with zero attached hydrogens (tertiary/aromatic N) is 1. The van der Waals surface area contributed by atoms with Gasteiger partial charge in [-0.1, -0.05) is 47.5 Å². The summed E-state index contributed by atoms with van der Waals surface area (Å²) in [4.78, 5) is 0. The van der Waals surface area contributed by atoms with Crippen LogP contribution >= 0.6 is 23.2 Å². The van der Waals surface area contributed by atoms with E-state index in [1.54, 1.807) is 12.1 Å². The minimum atomic E-state index is 0.121. The third-order valence-corrected chi connectivity index (χ3v) is 3.85. The molecular weight excluding hydrogens is 291 g/mol. The molecule has 0 saturated heterocycles. The van der Waals surface area contributed by atoms with Crippen molar-refractivity contribution in [1.82, 2.24) is 5.32 Å². The van der Waals surface area contributed by atoms with Gasteiger partial charge in [-0.3, -0.25) is 0 Å². The van der Waals surface area contributed by atoms with Gasteiger partial charge in [-0.15, -0.1) is 0 Å². The van der Waals surface area contributed by atoms with Crippen LogP contribution in [0.4, 0.5) is 0 Å². The molecule has 0 aliphatic heterocycles. The van der Waals surface area contributed by atoms with Crippen LogP contribution in [0, 0.1) is 11.3 Å². The molecule has 0 aromatic heterocycles.